The van der Waals surface area contributed by atoms with Crippen LogP contribution in [0.15, 0.2) is 10.9 Å². The van der Waals surface area contributed by atoms with E-state index in [-0.39, 0.29) is 5.28 Å². The lowest BCUT2D eigenvalue weighted by Gasteiger charge is -2.15. The smallest absolute Gasteiger partial charge is 0.231 e. The van der Waals surface area contributed by atoms with E-state index in [1.807, 2.05) is 0 Å². The van der Waals surface area contributed by atoms with E-state index in [1.54, 1.807) is 0 Å². The Kier molecular flexibility index (Phi) is 3.91. The fourth-order valence-electron chi connectivity index (χ4n) is 2.06. The highest BCUT2D eigenvalue weighted by molar-refractivity contribution is 6.28. The maximum absolute atomic E-state index is 5.94. The van der Waals surface area contributed by atoms with E-state index in [0.29, 0.717) is 30.8 Å². The van der Waals surface area contributed by atoms with Gasteiger partial charge in [-0.25, -0.2) is 0 Å². The SMILES string of the molecule is Clc1nc(NCCc2ncno2)nc(N2CCCC2)n1. The molecule has 0 unspecified atom stereocenters. The van der Waals surface area contributed by atoms with Gasteiger partial charge in [-0.05, 0) is 24.4 Å². The first-order valence-electron chi connectivity index (χ1n) is 6.47. The Balaban J connectivity index is 1.63. The number of aromatic nitrogens is 5. The quantitative estimate of drug-likeness (QED) is 0.878. The molecule has 0 spiro atoms. The van der Waals surface area contributed by atoms with Crippen LogP contribution in [0.25, 0.3) is 0 Å². The Bertz CT molecular complexity index is 556. The number of hydrogen-bond acceptors (Lipinski definition) is 8. The lowest BCUT2D eigenvalue weighted by molar-refractivity contribution is 0.379. The summed E-state index contributed by atoms with van der Waals surface area (Å²) in [5.74, 6) is 1.66. The van der Waals surface area contributed by atoms with Gasteiger partial charge in [-0.15, -0.1) is 0 Å². The molecule has 1 aliphatic heterocycles. The van der Waals surface area contributed by atoms with Crippen molar-refractivity contribution < 1.29 is 4.52 Å². The van der Waals surface area contributed by atoms with Gasteiger partial charge >= 0.3 is 0 Å². The molecule has 0 amide bonds. The molecule has 3 rings (SSSR count). The molecule has 0 aromatic carbocycles. The summed E-state index contributed by atoms with van der Waals surface area (Å²) in [6, 6.07) is 0. The van der Waals surface area contributed by atoms with Crippen LogP contribution in [0.5, 0.6) is 0 Å². The first-order chi connectivity index (χ1) is 9.81. The zero-order valence-corrected chi connectivity index (χ0v) is 11.5. The maximum Gasteiger partial charge on any atom is 0.231 e. The van der Waals surface area contributed by atoms with Gasteiger partial charge in [-0.1, -0.05) is 5.16 Å². The fraction of sp³-hybridized carbons (Fsp3) is 0.545. The van der Waals surface area contributed by atoms with Crippen LogP contribution in [-0.2, 0) is 6.42 Å². The van der Waals surface area contributed by atoms with Gasteiger partial charge in [0, 0.05) is 26.1 Å². The summed E-state index contributed by atoms with van der Waals surface area (Å²) in [4.78, 5) is 18.6. The third kappa shape index (κ3) is 3.13. The van der Waals surface area contributed by atoms with E-state index in [9.17, 15) is 0 Å². The van der Waals surface area contributed by atoms with E-state index >= 15 is 0 Å². The summed E-state index contributed by atoms with van der Waals surface area (Å²) >= 11 is 5.94. The molecule has 8 nitrogen and oxygen atoms in total. The summed E-state index contributed by atoms with van der Waals surface area (Å²) in [6.07, 6.45) is 4.29. The Morgan fingerprint density at radius 3 is 2.85 bits per heavy atom. The average Bonchev–Trinajstić information content (AvgIpc) is 3.11. The molecule has 0 radical (unpaired) electrons. The lowest BCUT2D eigenvalue weighted by Crippen LogP contribution is -2.21. The van der Waals surface area contributed by atoms with E-state index < -0.39 is 0 Å². The van der Waals surface area contributed by atoms with Crippen molar-refractivity contribution in [3.8, 4) is 0 Å². The minimum absolute atomic E-state index is 0.196. The van der Waals surface area contributed by atoms with Crippen molar-refractivity contribution in [3.05, 3.63) is 17.5 Å². The van der Waals surface area contributed by atoms with Crippen LogP contribution in [0.1, 0.15) is 18.7 Å². The fourth-order valence-corrected chi connectivity index (χ4v) is 2.22. The molecule has 1 fully saturated rings. The first-order valence-corrected chi connectivity index (χ1v) is 6.85. The third-order valence-corrected chi connectivity index (χ3v) is 3.18. The molecule has 1 N–H and O–H groups in total. The Morgan fingerprint density at radius 1 is 1.25 bits per heavy atom. The van der Waals surface area contributed by atoms with Crippen LogP contribution in [0.3, 0.4) is 0 Å². The predicted molar refractivity (Wildman–Crippen MR) is 72.8 cm³/mol. The second kappa shape index (κ2) is 6.00. The molecule has 20 heavy (non-hydrogen) atoms. The summed E-state index contributed by atoms with van der Waals surface area (Å²) < 4.78 is 4.91. The Hall–Kier alpha value is -1.96. The highest BCUT2D eigenvalue weighted by atomic mass is 35.5. The van der Waals surface area contributed by atoms with Crippen LogP contribution < -0.4 is 10.2 Å². The molecule has 1 saturated heterocycles. The standard InChI is InChI=1S/C11H14ClN7O/c12-9-16-10(13-4-3-8-14-7-15-20-8)18-11(17-9)19-5-1-2-6-19/h7H,1-6H2,(H,13,16,17,18). The molecule has 0 saturated carbocycles. The van der Waals surface area contributed by atoms with Crippen LogP contribution in [0.4, 0.5) is 11.9 Å². The zero-order chi connectivity index (χ0) is 13.8. The topological polar surface area (TPSA) is 92.9 Å². The summed E-state index contributed by atoms with van der Waals surface area (Å²) in [7, 11) is 0. The van der Waals surface area contributed by atoms with Gasteiger partial charge in [0.25, 0.3) is 0 Å². The second-order valence-corrected chi connectivity index (χ2v) is 4.77. The average molecular weight is 296 g/mol. The van der Waals surface area contributed by atoms with E-state index in [1.165, 1.54) is 6.33 Å². The molecular formula is C11H14ClN7O. The Labute approximate surface area is 120 Å². The normalized spacial score (nSPS) is 14.8. The number of anilines is 2. The van der Waals surface area contributed by atoms with E-state index in [0.717, 1.165) is 25.9 Å². The zero-order valence-electron chi connectivity index (χ0n) is 10.8. The molecule has 2 aromatic rings. The van der Waals surface area contributed by atoms with Gasteiger partial charge in [0.15, 0.2) is 6.33 Å². The molecule has 0 bridgehead atoms. The van der Waals surface area contributed by atoms with Crippen molar-refractivity contribution in [2.75, 3.05) is 29.9 Å². The summed E-state index contributed by atoms with van der Waals surface area (Å²) in [6.45, 7) is 2.51. The van der Waals surface area contributed by atoms with Crippen LogP contribution >= 0.6 is 11.6 Å². The third-order valence-electron chi connectivity index (χ3n) is 3.01. The molecular weight excluding hydrogens is 282 g/mol. The van der Waals surface area contributed by atoms with Crippen molar-refractivity contribution >= 4 is 23.5 Å². The van der Waals surface area contributed by atoms with Gasteiger partial charge in [0.2, 0.25) is 23.1 Å². The largest absolute Gasteiger partial charge is 0.354 e. The van der Waals surface area contributed by atoms with Crippen molar-refractivity contribution in [2.24, 2.45) is 0 Å². The molecule has 0 aliphatic carbocycles. The first kappa shape index (κ1) is 13.0. The number of rotatable bonds is 5. The molecule has 0 atom stereocenters. The lowest BCUT2D eigenvalue weighted by atomic mass is 10.4. The molecule has 9 heteroatoms. The summed E-state index contributed by atoms with van der Waals surface area (Å²) in [5, 5.41) is 6.83. The summed E-state index contributed by atoms with van der Waals surface area (Å²) in [5.41, 5.74) is 0. The van der Waals surface area contributed by atoms with Gasteiger partial charge in [0.05, 0.1) is 0 Å². The number of nitrogens with one attached hydrogen (secondary N) is 1. The molecule has 2 aromatic heterocycles. The van der Waals surface area contributed by atoms with Gasteiger partial charge in [-0.2, -0.15) is 19.9 Å². The predicted octanol–water partition coefficient (Wildman–Crippen LogP) is 1.16. The Morgan fingerprint density at radius 2 is 2.10 bits per heavy atom. The molecule has 1 aliphatic rings. The van der Waals surface area contributed by atoms with E-state index in [2.05, 4.69) is 35.3 Å². The number of halogens is 1. The van der Waals surface area contributed by atoms with Gasteiger partial charge in [0.1, 0.15) is 0 Å². The van der Waals surface area contributed by atoms with Gasteiger partial charge in [-0.3, -0.25) is 0 Å². The minimum atomic E-state index is 0.196. The van der Waals surface area contributed by atoms with Crippen molar-refractivity contribution in [2.45, 2.75) is 19.3 Å². The second-order valence-electron chi connectivity index (χ2n) is 4.43. The van der Waals surface area contributed by atoms with Crippen LogP contribution in [0, 0.1) is 0 Å². The number of nitrogens with zero attached hydrogens (tertiary/aromatic N) is 6. The number of hydrogen-bond donors (Lipinski definition) is 1. The van der Waals surface area contributed by atoms with E-state index in [4.69, 9.17) is 16.1 Å². The van der Waals surface area contributed by atoms with Gasteiger partial charge < -0.3 is 14.7 Å². The maximum atomic E-state index is 5.94. The minimum Gasteiger partial charge on any atom is -0.354 e. The molecule has 3 heterocycles. The van der Waals surface area contributed by atoms with Crippen molar-refractivity contribution in [1.82, 2.24) is 25.1 Å². The molecule has 106 valence electrons. The highest BCUT2D eigenvalue weighted by Crippen LogP contribution is 2.18. The van der Waals surface area contributed by atoms with Crippen LogP contribution in [-0.4, -0.2) is 44.7 Å². The van der Waals surface area contributed by atoms with Crippen LogP contribution in [0.2, 0.25) is 5.28 Å². The van der Waals surface area contributed by atoms with Crippen molar-refractivity contribution in [3.63, 3.8) is 0 Å². The monoisotopic (exact) mass is 295 g/mol. The highest BCUT2D eigenvalue weighted by Gasteiger charge is 2.16. The van der Waals surface area contributed by atoms with Crippen molar-refractivity contribution in [1.29, 1.82) is 0 Å².